The molecule has 0 unspecified atom stereocenters. The highest BCUT2D eigenvalue weighted by Crippen LogP contribution is 2.26. The number of hydrogen-bond acceptors (Lipinski definition) is 4. The van der Waals surface area contributed by atoms with Gasteiger partial charge in [0.2, 0.25) is 0 Å². The molecule has 2 N–H and O–H groups in total. The van der Waals surface area contributed by atoms with E-state index in [1.807, 2.05) is 29.0 Å². The van der Waals surface area contributed by atoms with Crippen LogP contribution in [0.25, 0.3) is 0 Å². The lowest BCUT2D eigenvalue weighted by Gasteiger charge is -2.13. The molecule has 1 aliphatic rings. The molecule has 0 atom stereocenters. The normalized spacial score (nSPS) is 15.1. The zero-order chi connectivity index (χ0) is 13.9. The molecule has 104 valence electrons. The monoisotopic (exact) mass is 287 g/mol. The van der Waals surface area contributed by atoms with Crippen molar-refractivity contribution in [3.63, 3.8) is 0 Å². The van der Waals surface area contributed by atoms with Gasteiger partial charge in [0.15, 0.2) is 0 Å². The molecule has 0 saturated carbocycles. The second-order valence-electron chi connectivity index (χ2n) is 4.92. The first-order chi connectivity index (χ1) is 9.72. The Bertz CT molecular complexity index is 610. The van der Waals surface area contributed by atoms with Gasteiger partial charge in [-0.1, -0.05) is 0 Å². The minimum Gasteiger partial charge on any atom is -0.492 e. The fourth-order valence-electron chi connectivity index (χ4n) is 2.23. The molecule has 1 aliphatic heterocycles. The van der Waals surface area contributed by atoms with Crippen molar-refractivity contribution in [2.24, 2.45) is 0 Å². The van der Waals surface area contributed by atoms with E-state index < -0.39 is 0 Å². The van der Waals surface area contributed by atoms with Crippen LogP contribution in [-0.2, 0) is 6.54 Å². The summed E-state index contributed by atoms with van der Waals surface area (Å²) in [4.78, 5) is 2.24. The largest absolute Gasteiger partial charge is 0.492 e. The number of rotatable bonds is 2. The van der Waals surface area contributed by atoms with E-state index in [0.717, 1.165) is 42.3 Å². The molecule has 0 bridgehead atoms. The number of fused-ring (bicyclic) bond motifs is 1. The maximum atomic E-state index is 8.06. The SMILES string of the molecule is CN1CCOc2ccc(NC(=N)c3ccsc3)cc2C1. The van der Waals surface area contributed by atoms with E-state index in [2.05, 4.69) is 23.3 Å². The molecule has 0 saturated heterocycles. The number of benzene rings is 1. The Morgan fingerprint density at radius 1 is 1.40 bits per heavy atom. The molecule has 1 aromatic heterocycles. The van der Waals surface area contributed by atoms with E-state index in [4.69, 9.17) is 10.1 Å². The highest BCUT2D eigenvalue weighted by molar-refractivity contribution is 7.08. The highest BCUT2D eigenvalue weighted by atomic mass is 32.1. The summed E-state index contributed by atoms with van der Waals surface area (Å²) >= 11 is 1.60. The predicted molar refractivity (Wildman–Crippen MR) is 83.0 cm³/mol. The van der Waals surface area contributed by atoms with Gasteiger partial charge in [0, 0.05) is 35.3 Å². The molecule has 0 aliphatic carbocycles. The van der Waals surface area contributed by atoms with Crippen molar-refractivity contribution in [2.75, 3.05) is 25.5 Å². The maximum absolute atomic E-state index is 8.06. The molecule has 0 fully saturated rings. The third-order valence-electron chi connectivity index (χ3n) is 3.31. The van der Waals surface area contributed by atoms with E-state index in [1.165, 1.54) is 0 Å². The van der Waals surface area contributed by atoms with E-state index in [1.54, 1.807) is 11.3 Å². The third-order valence-corrected chi connectivity index (χ3v) is 3.99. The van der Waals surface area contributed by atoms with Gasteiger partial charge in [0.05, 0.1) is 0 Å². The lowest BCUT2D eigenvalue weighted by Crippen LogP contribution is -2.20. The predicted octanol–water partition coefficient (Wildman–Crippen LogP) is 3.01. The smallest absolute Gasteiger partial charge is 0.130 e. The number of likely N-dealkylation sites (N-methyl/N-ethyl adjacent to an activating group) is 1. The molecule has 3 rings (SSSR count). The first kappa shape index (κ1) is 13.1. The quantitative estimate of drug-likeness (QED) is 0.659. The number of ether oxygens (including phenoxy) is 1. The highest BCUT2D eigenvalue weighted by Gasteiger charge is 2.13. The van der Waals surface area contributed by atoms with Crippen LogP contribution in [0.3, 0.4) is 0 Å². The summed E-state index contributed by atoms with van der Waals surface area (Å²) in [5, 5.41) is 15.2. The number of nitrogens with zero attached hydrogens (tertiary/aromatic N) is 1. The average Bonchev–Trinajstić information content (AvgIpc) is 2.89. The van der Waals surface area contributed by atoms with Crippen molar-refractivity contribution in [2.45, 2.75) is 6.54 Å². The summed E-state index contributed by atoms with van der Waals surface area (Å²) in [6.07, 6.45) is 0. The number of thiophene rings is 1. The van der Waals surface area contributed by atoms with Crippen LogP contribution < -0.4 is 10.1 Å². The van der Waals surface area contributed by atoms with Gasteiger partial charge in [-0.05, 0) is 36.7 Å². The Kier molecular flexibility index (Phi) is 3.71. The molecule has 0 radical (unpaired) electrons. The van der Waals surface area contributed by atoms with Crippen molar-refractivity contribution in [1.82, 2.24) is 4.90 Å². The number of nitrogens with one attached hydrogen (secondary N) is 2. The molecular weight excluding hydrogens is 270 g/mol. The van der Waals surface area contributed by atoms with Crippen LogP contribution in [-0.4, -0.2) is 30.9 Å². The number of anilines is 1. The van der Waals surface area contributed by atoms with Crippen molar-refractivity contribution in [1.29, 1.82) is 5.41 Å². The van der Waals surface area contributed by atoms with Gasteiger partial charge in [-0.3, -0.25) is 10.3 Å². The molecule has 2 aromatic rings. The van der Waals surface area contributed by atoms with Gasteiger partial charge in [-0.2, -0.15) is 11.3 Å². The van der Waals surface area contributed by atoms with Crippen LogP contribution in [0.4, 0.5) is 5.69 Å². The summed E-state index contributed by atoms with van der Waals surface area (Å²) in [7, 11) is 2.09. The molecule has 4 nitrogen and oxygen atoms in total. The molecular formula is C15H17N3OS. The Balaban J connectivity index is 1.80. The fraction of sp³-hybridized carbons (Fsp3) is 0.267. The minimum atomic E-state index is 0.425. The van der Waals surface area contributed by atoms with E-state index in [0.29, 0.717) is 5.84 Å². The zero-order valence-corrected chi connectivity index (χ0v) is 12.2. The van der Waals surface area contributed by atoms with E-state index in [-0.39, 0.29) is 0 Å². The van der Waals surface area contributed by atoms with Crippen molar-refractivity contribution in [3.05, 3.63) is 46.2 Å². The van der Waals surface area contributed by atoms with Crippen LogP contribution in [0.1, 0.15) is 11.1 Å². The van der Waals surface area contributed by atoms with Gasteiger partial charge in [0.25, 0.3) is 0 Å². The standard InChI is InChI=1S/C15H17N3OS/c1-18-5-6-19-14-3-2-13(8-12(14)9-18)17-15(16)11-4-7-20-10-11/h2-4,7-8,10H,5-6,9H2,1H3,(H2,16,17). The lowest BCUT2D eigenvalue weighted by atomic mass is 10.1. The van der Waals surface area contributed by atoms with E-state index >= 15 is 0 Å². The van der Waals surface area contributed by atoms with Crippen molar-refractivity contribution in [3.8, 4) is 5.75 Å². The summed E-state index contributed by atoms with van der Waals surface area (Å²) in [5.41, 5.74) is 3.00. The van der Waals surface area contributed by atoms with Crippen LogP contribution in [0.5, 0.6) is 5.75 Å². The van der Waals surface area contributed by atoms with Gasteiger partial charge < -0.3 is 10.1 Å². The lowest BCUT2D eigenvalue weighted by molar-refractivity contribution is 0.259. The molecule has 5 heteroatoms. The second-order valence-corrected chi connectivity index (χ2v) is 5.70. The molecule has 20 heavy (non-hydrogen) atoms. The van der Waals surface area contributed by atoms with Crippen LogP contribution in [0, 0.1) is 5.41 Å². The van der Waals surface area contributed by atoms with Gasteiger partial charge in [-0.25, -0.2) is 0 Å². The third kappa shape index (κ3) is 2.84. The molecule has 2 heterocycles. The maximum Gasteiger partial charge on any atom is 0.130 e. The zero-order valence-electron chi connectivity index (χ0n) is 11.3. The Hall–Kier alpha value is -1.85. The number of hydrogen-bond donors (Lipinski definition) is 2. The Morgan fingerprint density at radius 3 is 3.10 bits per heavy atom. The van der Waals surface area contributed by atoms with Crippen LogP contribution >= 0.6 is 11.3 Å². The Morgan fingerprint density at radius 2 is 2.30 bits per heavy atom. The van der Waals surface area contributed by atoms with Crippen molar-refractivity contribution >= 4 is 22.9 Å². The molecule has 0 spiro atoms. The Labute approximate surface area is 122 Å². The summed E-state index contributed by atoms with van der Waals surface area (Å²) < 4.78 is 5.73. The van der Waals surface area contributed by atoms with Gasteiger partial charge in [0.1, 0.15) is 18.2 Å². The summed E-state index contributed by atoms with van der Waals surface area (Å²) in [6, 6.07) is 7.96. The van der Waals surface area contributed by atoms with Crippen LogP contribution in [0.2, 0.25) is 0 Å². The minimum absolute atomic E-state index is 0.425. The van der Waals surface area contributed by atoms with Gasteiger partial charge >= 0.3 is 0 Å². The van der Waals surface area contributed by atoms with E-state index in [9.17, 15) is 0 Å². The fourth-order valence-corrected chi connectivity index (χ4v) is 2.87. The summed E-state index contributed by atoms with van der Waals surface area (Å²) in [5.74, 6) is 1.37. The number of amidine groups is 1. The molecule has 1 aromatic carbocycles. The summed E-state index contributed by atoms with van der Waals surface area (Å²) in [6.45, 7) is 2.53. The van der Waals surface area contributed by atoms with Crippen LogP contribution in [0.15, 0.2) is 35.0 Å². The topological polar surface area (TPSA) is 48.4 Å². The molecule has 0 amide bonds. The average molecular weight is 287 g/mol. The first-order valence-electron chi connectivity index (χ1n) is 6.55. The second kappa shape index (κ2) is 5.64. The van der Waals surface area contributed by atoms with Crippen molar-refractivity contribution < 1.29 is 4.74 Å². The van der Waals surface area contributed by atoms with Gasteiger partial charge in [-0.15, -0.1) is 0 Å². The first-order valence-corrected chi connectivity index (χ1v) is 7.49.